The lowest BCUT2D eigenvalue weighted by Gasteiger charge is -2.36. The predicted molar refractivity (Wildman–Crippen MR) is 115 cm³/mol. The molecule has 2 saturated heterocycles. The van der Waals surface area contributed by atoms with Crippen LogP contribution in [0, 0.1) is 0 Å². The smallest absolute Gasteiger partial charge is 0.146 e. The van der Waals surface area contributed by atoms with Gasteiger partial charge in [0.1, 0.15) is 16.5 Å². The molecule has 0 amide bonds. The summed E-state index contributed by atoms with van der Waals surface area (Å²) < 4.78 is 6.01. The molecule has 152 valence electrons. The van der Waals surface area contributed by atoms with Crippen LogP contribution in [0.2, 0.25) is 0 Å². The summed E-state index contributed by atoms with van der Waals surface area (Å²) in [7, 11) is 0. The van der Waals surface area contributed by atoms with Crippen LogP contribution in [0.15, 0.2) is 0 Å². The molecule has 0 unspecified atom stereocenters. The van der Waals surface area contributed by atoms with Gasteiger partial charge in [0.2, 0.25) is 0 Å². The summed E-state index contributed by atoms with van der Waals surface area (Å²) in [5.74, 6) is 2.19. The fourth-order valence-corrected chi connectivity index (χ4v) is 6.42. The van der Waals surface area contributed by atoms with Crippen molar-refractivity contribution in [1.82, 2.24) is 14.9 Å². The van der Waals surface area contributed by atoms with Gasteiger partial charge in [-0.2, -0.15) is 0 Å². The molecule has 0 N–H and O–H groups in total. The maximum Gasteiger partial charge on any atom is 0.146 e. The average molecular weight is 401 g/mol. The third-order valence-corrected chi connectivity index (χ3v) is 7.56. The third-order valence-electron chi connectivity index (χ3n) is 6.37. The molecule has 0 radical (unpaired) electrons. The minimum absolute atomic E-state index is 0.244. The highest BCUT2D eigenvalue weighted by molar-refractivity contribution is 7.19. The van der Waals surface area contributed by atoms with Gasteiger partial charge in [-0.15, -0.1) is 11.3 Å². The highest BCUT2D eigenvalue weighted by Gasteiger charge is 2.29. The van der Waals surface area contributed by atoms with E-state index in [2.05, 4.69) is 23.6 Å². The van der Waals surface area contributed by atoms with Gasteiger partial charge in [-0.05, 0) is 71.0 Å². The second kappa shape index (κ2) is 7.88. The molecule has 2 aliphatic heterocycles. The SMILES string of the molecule is C[C@@H]1CN(c2nc(CN3CCCCC3)nc3sc4c(c23)CCCC4)C[C@@H](C)O1. The monoisotopic (exact) mass is 400 g/mol. The number of morpholine rings is 1. The van der Waals surface area contributed by atoms with E-state index in [0.29, 0.717) is 0 Å². The molecule has 2 aromatic rings. The van der Waals surface area contributed by atoms with Crippen LogP contribution in [0.5, 0.6) is 0 Å². The summed E-state index contributed by atoms with van der Waals surface area (Å²) in [6, 6.07) is 0. The Morgan fingerprint density at radius 1 is 0.964 bits per heavy atom. The van der Waals surface area contributed by atoms with E-state index in [1.54, 1.807) is 4.88 Å². The van der Waals surface area contributed by atoms with Crippen molar-refractivity contribution in [2.75, 3.05) is 31.1 Å². The molecule has 3 aliphatic rings. The minimum atomic E-state index is 0.244. The maximum atomic E-state index is 6.01. The zero-order chi connectivity index (χ0) is 19.1. The molecule has 5 nitrogen and oxygen atoms in total. The second-order valence-electron chi connectivity index (χ2n) is 8.85. The van der Waals surface area contributed by atoms with E-state index < -0.39 is 0 Å². The van der Waals surface area contributed by atoms with Crippen molar-refractivity contribution in [2.24, 2.45) is 0 Å². The average Bonchev–Trinajstić information content (AvgIpc) is 3.06. The lowest BCUT2D eigenvalue weighted by molar-refractivity contribution is -0.00539. The molecule has 5 rings (SSSR count). The number of aromatic nitrogens is 2. The van der Waals surface area contributed by atoms with Crippen molar-refractivity contribution in [2.45, 2.75) is 77.5 Å². The molecule has 4 heterocycles. The number of ether oxygens (including phenoxy) is 1. The van der Waals surface area contributed by atoms with Crippen LogP contribution in [0.1, 0.15) is 62.2 Å². The Bertz CT molecular complexity index is 835. The van der Waals surface area contributed by atoms with Gasteiger partial charge in [0, 0.05) is 18.0 Å². The van der Waals surface area contributed by atoms with E-state index in [4.69, 9.17) is 14.7 Å². The number of fused-ring (bicyclic) bond motifs is 3. The van der Waals surface area contributed by atoms with Gasteiger partial charge < -0.3 is 9.64 Å². The Kier molecular flexibility index (Phi) is 5.28. The fraction of sp³-hybridized carbons (Fsp3) is 0.727. The molecule has 0 bridgehead atoms. The molecule has 6 heteroatoms. The van der Waals surface area contributed by atoms with Crippen molar-refractivity contribution in [3.8, 4) is 0 Å². The molecule has 0 aromatic carbocycles. The number of aryl methyl sites for hydroxylation is 2. The maximum absolute atomic E-state index is 6.01. The van der Waals surface area contributed by atoms with Gasteiger partial charge in [0.05, 0.1) is 24.1 Å². The predicted octanol–water partition coefficient (Wildman–Crippen LogP) is 4.17. The van der Waals surface area contributed by atoms with Crippen LogP contribution in [-0.2, 0) is 24.1 Å². The number of likely N-dealkylation sites (tertiary alicyclic amines) is 1. The summed E-state index contributed by atoms with van der Waals surface area (Å²) in [6.45, 7) is 9.46. The molecule has 2 aromatic heterocycles. The van der Waals surface area contributed by atoms with Gasteiger partial charge >= 0.3 is 0 Å². The van der Waals surface area contributed by atoms with E-state index in [1.165, 1.54) is 79.6 Å². The number of piperidine rings is 1. The first-order valence-corrected chi connectivity index (χ1v) is 11.9. The number of thiophene rings is 1. The summed E-state index contributed by atoms with van der Waals surface area (Å²) in [5, 5.41) is 1.35. The lowest BCUT2D eigenvalue weighted by Crippen LogP contribution is -2.46. The van der Waals surface area contributed by atoms with Crippen LogP contribution in [-0.4, -0.2) is 53.3 Å². The standard InChI is InChI=1S/C22H32N4OS/c1-15-12-26(13-16(2)27-15)21-20-17-8-4-5-9-18(17)28-22(20)24-19(23-21)14-25-10-6-3-7-11-25/h15-16H,3-14H2,1-2H3/t15-,16-/m1/s1. The summed E-state index contributed by atoms with van der Waals surface area (Å²) in [5.41, 5.74) is 1.54. The molecule has 2 fully saturated rings. The molecule has 0 saturated carbocycles. The number of nitrogens with zero attached hydrogens (tertiary/aromatic N) is 4. The third kappa shape index (κ3) is 3.66. The van der Waals surface area contributed by atoms with Gasteiger partial charge in [-0.25, -0.2) is 9.97 Å². The normalized spacial score (nSPS) is 26.6. The molecule has 28 heavy (non-hydrogen) atoms. The van der Waals surface area contributed by atoms with Gasteiger partial charge in [-0.3, -0.25) is 4.90 Å². The van der Waals surface area contributed by atoms with Crippen molar-refractivity contribution in [3.63, 3.8) is 0 Å². The van der Waals surface area contributed by atoms with Crippen LogP contribution >= 0.6 is 11.3 Å². The Balaban J connectivity index is 1.56. The first kappa shape index (κ1) is 18.8. The quantitative estimate of drug-likeness (QED) is 0.773. The molecular weight excluding hydrogens is 368 g/mol. The zero-order valence-electron chi connectivity index (χ0n) is 17.2. The Labute approximate surface area is 172 Å². The first-order valence-electron chi connectivity index (χ1n) is 11.1. The number of anilines is 1. The highest BCUT2D eigenvalue weighted by atomic mass is 32.1. The van der Waals surface area contributed by atoms with E-state index in [0.717, 1.165) is 25.5 Å². The Morgan fingerprint density at radius 2 is 1.71 bits per heavy atom. The number of hydrogen-bond acceptors (Lipinski definition) is 6. The molecule has 1 aliphatic carbocycles. The van der Waals surface area contributed by atoms with Crippen LogP contribution in [0.25, 0.3) is 10.2 Å². The Morgan fingerprint density at radius 3 is 2.50 bits per heavy atom. The summed E-state index contributed by atoms with van der Waals surface area (Å²) in [6.07, 6.45) is 9.48. The zero-order valence-corrected chi connectivity index (χ0v) is 18.1. The van der Waals surface area contributed by atoms with E-state index >= 15 is 0 Å². The van der Waals surface area contributed by atoms with E-state index in [-0.39, 0.29) is 12.2 Å². The minimum Gasteiger partial charge on any atom is -0.372 e. The number of hydrogen-bond donors (Lipinski definition) is 0. The van der Waals surface area contributed by atoms with Crippen LogP contribution in [0.3, 0.4) is 0 Å². The van der Waals surface area contributed by atoms with Crippen molar-refractivity contribution in [1.29, 1.82) is 0 Å². The van der Waals surface area contributed by atoms with Gasteiger partial charge in [0.15, 0.2) is 0 Å². The lowest BCUT2D eigenvalue weighted by atomic mass is 9.96. The second-order valence-corrected chi connectivity index (χ2v) is 9.94. The molecule has 2 atom stereocenters. The molecular formula is C22H32N4OS. The van der Waals surface area contributed by atoms with Crippen LogP contribution < -0.4 is 4.90 Å². The van der Waals surface area contributed by atoms with Crippen molar-refractivity contribution >= 4 is 27.4 Å². The highest BCUT2D eigenvalue weighted by Crippen LogP contribution is 2.40. The summed E-state index contributed by atoms with van der Waals surface area (Å²) in [4.78, 5) is 18.1. The van der Waals surface area contributed by atoms with Gasteiger partial charge in [-0.1, -0.05) is 6.42 Å². The fourth-order valence-electron chi connectivity index (χ4n) is 5.15. The molecule has 0 spiro atoms. The van der Waals surface area contributed by atoms with E-state index in [9.17, 15) is 0 Å². The van der Waals surface area contributed by atoms with Crippen LogP contribution in [0.4, 0.5) is 5.82 Å². The summed E-state index contributed by atoms with van der Waals surface area (Å²) >= 11 is 1.93. The van der Waals surface area contributed by atoms with Crippen molar-refractivity contribution < 1.29 is 4.74 Å². The van der Waals surface area contributed by atoms with Crippen molar-refractivity contribution in [3.05, 3.63) is 16.3 Å². The largest absolute Gasteiger partial charge is 0.372 e. The Hall–Kier alpha value is -1.24. The van der Waals surface area contributed by atoms with E-state index in [1.807, 2.05) is 11.3 Å². The topological polar surface area (TPSA) is 41.5 Å². The number of rotatable bonds is 3. The van der Waals surface area contributed by atoms with Gasteiger partial charge in [0.25, 0.3) is 0 Å². The first-order chi connectivity index (χ1) is 13.7.